The summed E-state index contributed by atoms with van der Waals surface area (Å²) < 4.78 is 1.77. The molecule has 2 aromatic heterocycles. The quantitative estimate of drug-likeness (QED) is 0.664. The van der Waals surface area contributed by atoms with Crippen LogP contribution in [0.15, 0.2) is 24.4 Å². The molecule has 0 radical (unpaired) electrons. The average molecular weight is 293 g/mol. The lowest BCUT2D eigenvalue weighted by Gasteiger charge is -2.33. The minimum absolute atomic E-state index is 0.616. The molecule has 22 heavy (non-hydrogen) atoms. The van der Waals surface area contributed by atoms with Crippen molar-refractivity contribution in [3.8, 4) is 6.07 Å². The van der Waals surface area contributed by atoms with Crippen molar-refractivity contribution in [1.29, 1.82) is 5.26 Å². The molecule has 1 aromatic carbocycles. The van der Waals surface area contributed by atoms with E-state index >= 15 is 0 Å². The predicted molar refractivity (Wildman–Crippen MR) is 82.7 cm³/mol. The molecule has 7 heteroatoms. The van der Waals surface area contributed by atoms with E-state index in [1.165, 1.54) is 0 Å². The maximum Gasteiger partial charge on any atom is 0.229 e. The number of benzene rings is 1. The first-order valence-electron chi connectivity index (χ1n) is 7.24. The molecule has 0 saturated carbocycles. The molecule has 1 aliphatic rings. The lowest BCUT2D eigenvalue weighted by atomic mass is 10.1. The van der Waals surface area contributed by atoms with Gasteiger partial charge in [0.25, 0.3) is 0 Å². The van der Waals surface area contributed by atoms with Gasteiger partial charge >= 0.3 is 0 Å². The summed E-state index contributed by atoms with van der Waals surface area (Å²) in [6.45, 7) is 3.84. The van der Waals surface area contributed by atoms with Crippen molar-refractivity contribution in [2.24, 2.45) is 0 Å². The fourth-order valence-electron chi connectivity index (χ4n) is 2.84. The first kappa shape index (κ1) is 13.0. The van der Waals surface area contributed by atoms with Gasteiger partial charge in [-0.15, -0.1) is 5.10 Å². The Bertz CT molecular complexity index is 884. The molecule has 7 nitrogen and oxygen atoms in total. The van der Waals surface area contributed by atoms with Crippen LogP contribution in [0.4, 0.5) is 5.95 Å². The molecule has 0 unspecified atom stereocenters. The van der Waals surface area contributed by atoms with Crippen molar-refractivity contribution in [2.45, 2.75) is 0 Å². The van der Waals surface area contributed by atoms with Crippen molar-refractivity contribution in [2.75, 3.05) is 38.1 Å². The summed E-state index contributed by atoms with van der Waals surface area (Å²) in [5, 5.41) is 18.2. The predicted octanol–water partition coefficient (Wildman–Crippen LogP) is 0.901. The van der Waals surface area contributed by atoms with Gasteiger partial charge in [-0.3, -0.25) is 0 Å². The Hall–Kier alpha value is -2.72. The highest BCUT2D eigenvalue weighted by Gasteiger charge is 2.20. The van der Waals surface area contributed by atoms with Gasteiger partial charge in [0, 0.05) is 31.6 Å². The molecule has 3 aromatic rings. The van der Waals surface area contributed by atoms with Crippen LogP contribution in [0.1, 0.15) is 5.56 Å². The first-order chi connectivity index (χ1) is 10.8. The molecular weight excluding hydrogens is 278 g/mol. The second-order valence-corrected chi connectivity index (χ2v) is 5.58. The van der Waals surface area contributed by atoms with Crippen molar-refractivity contribution in [1.82, 2.24) is 24.7 Å². The average Bonchev–Trinajstić information content (AvgIpc) is 3.04. The second kappa shape index (κ2) is 4.93. The maximum absolute atomic E-state index is 9.08. The van der Waals surface area contributed by atoms with E-state index in [1.54, 1.807) is 16.8 Å². The summed E-state index contributed by atoms with van der Waals surface area (Å²) in [5.41, 5.74) is 2.36. The lowest BCUT2D eigenvalue weighted by Crippen LogP contribution is -2.45. The van der Waals surface area contributed by atoms with E-state index in [1.807, 2.05) is 12.1 Å². The Balaban J connectivity index is 1.91. The van der Waals surface area contributed by atoms with Gasteiger partial charge in [-0.25, -0.2) is 4.98 Å². The van der Waals surface area contributed by atoms with E-state index < -0.39 is 0 Å². The van der Waals surface area contributed by atoms with Crippen LogP contribution in [-0.2, 0) is 0 Å². The zero-order valence-corrected chi connectivity index (χ0v) is 12.3. The number of hydrogen-bond donors (Lipinski definition) is 0. The summed E-state index contributed by atoms with van der Waals surface area (Å²) in [5.74, 6) is 0.817. The minimum Gasteiger partial charge on any atom is -0.338 e. The maximum atomic E-state index is 9.08. The van der Waals surface area contributed by atoms with Gasteiger partial charge in [0.05, 0.1) is 28.9 Å². The molecule has 0 atom stereocenters. The van der Waals surface area contributed by atoms with Crippen LogP contribution in [0.25, 0.3) is 16.4 Å². The summed E-state index contributed by atoms with van der Waals surface area (Å²) >= 11 is 0. The number of piperazine rings is 1. The molecule has 0 bridgehead atoms. The van der Waals surface area contributed by atoms with Gasteiger partial charge in [0.2, 0.25) is 5.95 Å². The van der Waals surface area contributed by atoms with Gasteiger partial charge in [0.15, 0.2) is 0 Å². The number of nitriles is 1. The van der Waals surface area contributed by atoms with Crippen molar-refractivity contribution < 1.29 is 0 Å². The standard InChI is InChI=1S/C15H15N7/c1-20-4-6-21(7-5-20)15-18-13-3-2-11(9-16)8-12(13)14-10-17-19-22(14)15/h2-3,8,10H,4-7H2,1H3. The van der Waals surface area contributed by atoms with Crippen LogP contribution in [0.2, 0.25) is 0 Å². The number of anilines is 1. The largest absolute Gasteiger partial charge is 0.338 e. The van der Waals surface area contributed by atoms with Crippen LogP contribution in [-0.4, -0.2) is 57.9 Å². The molecule has 0 aliphatic carbocycles. The highest BCUT2D eigenvalue weighted by atomic mass is 15.5. The fourth-order valence-corrected chi connectivity index (χ4v) is 2.84. The SMILES string of the molecule is CN1CCN(c2nc3ccc(C#N)cc3c3cnnn23)CC1. The van der Waals surface area contributed by atoms with E-state index in [9.17, 15) is 0 Å². The Morgan fingerprint density at radius 3 is 2.77 bits per heavy atom. The Labute approximate surface area is 127 Å². The van der Waals surface area contributed by atoms with Gasteiger partial charge in [0.1, 0.15) is 0 Å². The first-order valence-corrected chi connectivity index (χ1v) is 7.24. The lowest BCUT2D eigenvalue weighted by molar-refractivity contribution is 0.310. The van der Waals surface area contributed by atoms with E-state index in [2.05, 4.69) is 33.2 Å². The minimum atomic E-state index is 0.616. The monoisotopic (exact) mass is 293 g/mol. The van der Waals surface area contributed by atoms with E-state index in [0.717, 1.165) is 48.5 Å². The van der Waals surface area contributed by atoms with Crippen LogP contribution >= 0.6 is 0 Å². The van der Waals surface area contributed by atoms with Crippen LogP contribution in [0.5, 0.6) is 0 Å². The Kier molecular flexibility index (Phi) is 2.91. The zero-order chi connectivity index (χ0) is 15.1. The molecular formula is C15H15N7. The van der Waals surface area contributed by atoms with E-state index in [4.69, 9.17) is 10.2 Å². The van der Waals surface area contributed by atoms with Crippen LogP contribution in [0.3, 0.4) is 0 Å². The highest BCUT2D eigenvalue weighted by Crippen LogP contribution is 2.24. The molecule has 0 amide bonds. The summed E-state index contributed by atoms with van der Waals surface area (Å²) in [6, 6.07) is 7.69. The normalized spacial score (nSPS) is 16.3. The van der Waals surface area contributed by atoms with Crippen LogP contribution < -0.4 is 4.90 Å². The smallest absolute Gasteiger partial charge is 0.229 e. The molecule has 4 rings (SSSR count). The van der Waals surface area contributed by atoms with Crippen molar-refractivity contribution in [3.63, 3.8) is 0 Å². The third kappa shape index (κ3) is 1.96. The molecule has 1 fully saturated rings. The van der Waals surface area contributed by atoms with Crippen molar-refractivity contribution in [3.05, 3.63) is 30.0 Å². The number of aromatic nitrogens is 4. The fraction of sp³-hybridized carbons (Fsp3) is 0.333. The molecule has 0 N–H and O–H groups in total. The second-order valence-electron chi connectivity index (χ2n) is 5.58. The topological polar surface area (TPSA) is 73.3 Å². The Morgan fingerprint density at radius 2 is 2.00 bits per heavy atom. The number of nitrogens with zero attached hydrogens (tertiary/aromatic N) is 7. The summed E-state index contributed by atoms with van der Waals surface area (Å²) in [4.78, 5) is 9.29. The summed E-state index contributed by atoms with van der Waals surface area (Å²) in [6.07, 6.45) is 1.73. The number of hydrogen-bond acceptors (Lipinski definition) is 6. The number of likely N-dealkylation sites (N-methyl/N-ethyl adjacent to an activating group) is 1. The molecule has 0 spiro atoms. The third-order valence-corrected chi connectivity index (χ3v) is 4.15. The van der Waals surface area contributed by atoms with E-state index in [-0.39, 0.29) is 0 Å². The molecule has 110 valence electrons. The molecule has 3 heterocycles. The van der Waals surface area contributed by atoms with Gasteiger partial charge in [-0.05, 0) is 25.2 Å². The molecule has 1 saturated heterocycles. The van der Waals surface area contributed by atoms with Gasteiger partial charge < -0.3 is 9.80 Å². The Morgan fingerprint density at radius 1 is 1.18 bits per heavy atom. The van der Waals surface area contributed by atoms with Crippen molar-refractivity contribution >= 4 is 22.4 Å². The van der Waals surface area contributed by atoms with E-state index in [0.29, 0.717) is 5.56 Å². The molecule has 1 aliphatic heterocycles. The summed E-state index contributed by atoms with van der Waals surface area (Å²) in [7, 11) is 2.12. The van der Waals surface area contributed by atoms with Gasteiger partial charge in [-0.1, -0.05) is 5.21 Å². The number of fused-ring (bicyclic) bond motifs is 3. The van der Waals surface area contributed by atoms with Gasteiger partial charge in [-0.2, -0.15) is 9.78 Å². The third-order valence-electron chi connectivity index (χ3n) is 4.15. The highest BCUT2D eigenvalue weighted by molar-refractivity contribution is 5.94. The van der Waals surface area contributed by atoms with Crippen LogP contribution in [0, 0.1) is 11.3 Å². The zero-order valence-electron chi connectivity index (χ0n) is 12.3. The number of rotatable bonds is 1.